The molecular weight excluding hydrogens is 170 g/mol. The van der Waals surface area contributed by atoms with Gasteiger partial charge >= 0.3 is 0 Å². The van der Waals surface area contributed by atoms with E-state index in [0.29, 0.717) is 6.42 Å². The van der Waals surface area contributed by atoms with Crippen molar-refractivity contribution in [3.63, 3.8) is 0 Å². The van der Waals surface area contributed by atoms with Crippen molar-refractivity contribution < 1.29 is 14.7 Å². The number of hydrogen-bond donors (Lipinski definition) is 1. The van der Waals surface area contributed by atoms with Gasteiger partial charge in [0.25, 0.3) is 0 Å². The first kappa shape index (κ1) is 10.5. The third-order valence-corrected chi connectivity index (χ3v) is 2.16. The Morgan fingerprint density at radius 2 is 2.23 bits per heavy atom. The van der Waals surface area contributed by atoms with Crippen LogP contribution in [0.2, 0.25) is 0 Å². The number of carbonyl (C=O) groups is 1. The standard InChI is InChI=1S/C9H17NO3/c1-9(2,3)7-6-8(12)10(13-7)4-5-11/h7,11H,4-6H2,1-3H3. The van der Waals surface area contributed by atoms with E-state index in [-0.39, 0.29) is 30.6 Å². The number of amides is 1. The molecule has 0 spiro atoms. The lowest BCUT2D eigenvalue weighted by Crippen LogP contribution is -2.30. The van der Waals surface area contributed by atoms with Crippen LogP contribution in [0.25, 0.3) is 0 Å². The maximum absolute atomic E-state index is 11.3. The van der Waals surface area contributed by atoms with E-state index in [1.165, 1.54) is 5.06 Å². The molecule has 76 valence electrons. The van der Waals surface area contributed by atoms with Crippen LogP contribution >= 0.6 is 0 Å². The van der Waals surface area contributed by atoms with Crippen LogP contribution in [0.4, 0.5) is 0 Å². The van der Waals surface area contributed by atoms with Gasteiger partial charge in [0.15, 0.2) is 0 Å². The Hall–Kier alpha value is -0.610. The largest absolute Gasteiger partial charge is 0.394 e. The van der Waals surface area contributed by atoms with Crippen LogP contribution in [0.15, 0.2) is 0 Å². The third kappa shape index (κ3) is 2.42. The molecule has 1 aliphatic rings. The minimum atomic E-state index is -0.0634. The van der Waals surface area contributed by atoms with E-state index in [9.17, 15) is 4.79 Å². The first-order valence-electron chi connectivity index (χ1n) is 4.53. The zero-order chi connectivity index (χ0) is 10.1. The van der Waals surface area contributed by atoms with Crippen LogP contribution in [-0.4, -0.2) is 35.3 Å². The molecule has 1 rings (SSSR count). The number of carbonyl (C=O) groups excluding carboxylic acids is 1. The summed E-state index contributed by atoms with van der Waals surface area (Å²) in [5.74, 6) is -0.0334. The van der Waals surface area contributed by atoms with Crippen LogP contribution < -0.4 is 0 Å². The Bertz CT molecular complexity index is 198. The third-order valence-electron chi connectivity index (χ3n) is 2.16. The van der Waals surface area contributed by atoms with Gasteiger partial charge in [-0.1, -0.05) is 20.8 Å². The van der Waals surface area contributed by atoms with Gasteiger partial charge in [0.1, 0.15) is 0 Å². The molecule has 1 saturated heterocycles. The smallest absolute Gasteiger partial charge is 0.248 e. The second-order valence-corrected chi connectivity index (χ2v) is 4.38. The molecule has 1 atom stereocenters. The molecule has 0 bridgehead atoms. The fourth-order valence-electron chi connectivity index (χ4n) is 1.24. The fraction of sp³-hybridized carbons (Fsp3) is 0.889. The molecule has 0 radical (unpaired) electrons. The van der Waals surface area contributed by atoms with Gasteiger partial charge in [-0.15, -0.1) is 0 Å². The van der Waals surface area contributed by atoms with Crippen LogP contribution in [-0.2, 0) is 9.63 Å². The number of rotatable bonds is 2. The molecule has 1 N–H and O–H groups in total. The SMILES string of the molecule is CC(C)(C)C1CC(=O)N(CCO)O1. The lowest BCUT2D eigenvalue weighted by atomic mass is 9.87. The lowest BCUT2D eigenvalue weighted by molar-refractivity contribution is -0.187. The van der Waals surface area contributed by atoms with Gasteiger partial charge < -0.3 is 5.11 Å². The summed E-state index contributed by atoms with van der Waals surface area (Å²) >= 11 is 0. The summed E-state index contributed by atoms with van der Waals surface area (Å²) in [4.78, 5) is 16.7. The molecule has 1 heterocycles. The molecule has 1 aliphatic heterocycles. The molecule has 0 saturated carbocycles. The van der Waals surface area contributed by atoms with Crippen LogP contribution in [0.1, 0.15) is 27.2 Å². The molecule has 0 aromatic heterocycles. The second kappa shape index (κ2) is 3.64. The average Bonchev–Trinajstić information content (AvgIpc) is 2.32. The molecule has 1 fully saturated rings. The first-order chi connectivity index (χ1) is 5.95. The molecule has 13 heavy (non-hydrogen) atoms. The zero-order valence-electron chi connectivity index (χ0n) is 8.41. The summed E-state index contributed by atoms with van der Waals surface area (Å²) in [6.45, 7) is 6.32. The van der Waals surface area contributed by atoms with Crippen molar-refractivity contribution in [1.82, 2.24) is 5.06 Å². The van der Waals surface area contributed by atoms with Crippen molar-refractivity contribution in [1.29, 1.82) is 0 Å². The van der Waals surface area contributed by atoms with Gasteiger partial charge in [-0.25, -0.2) is 5.06 Å². The Morgan fingerprint density at radius 1 is 1.62 bits per heavy atom. The highest BCUT2D eigenvalue weighted by Crippen LogP contribution is 2.30. The summed E-state index contributed by atoms with van der Waals surface area (Å²) in [6.07, 6.45) is 0.357. The molecule has 0 aliphatic carbocycles. The first-order valence-corrected chi connectivity index (χ1v) is 4.53. The number of hydrogen-bond acceptors (Lipinski definition) is 3. The van der Waals surface area contributed by atoms with Crippen LogP contribution in [0.5, 0.6) is 0 Å². The number of aliphatic hydroxyl groups excluding tert-OH is 1. The molecule has 0 aromatic carbocycles. The van der Waals surface area contributed by atoms with Gasteiger partial charge in [-0.05, 0) is 5.41 Å². The van der Waals surface area contributed by atoms with Gasteiger partial charge in [0.2, 0.25) is 5.91 Å². The fourth-order valence-corrected chi connectivity index (χ4v) is 1.24. The minimum Gasteiger partial charge on any atom is -0.394 e. The summed E-state index contributed by atoms with van der Waals surface area (Å²) < 4.78 is 0. The number of β-amino-alcohol motifs (C(OH)–C–C–N with tert-alkyl or cyclic N) is 1. The zero-order valence-corrected chi connectivity index (χ0v) is 8.41. The Balaban J connectivity index is 2.55. The minimum absolute atomic E-state index is 0.0279. The number of nitrogens with zero attached hydrogens (tertiary/aromatic N) is 1. The summed E-state index contributed by atoms with van der Waals surface area (Å²) in [6, 6.07) is 0. The van der Waals surface area contributed by atoms with Crippen molar-refractivity contribution in [2.75, 3.05) is 13.2 Å². The molecule has 4 nitrogen and oxygen atoms in total. The van der Waals surface area contributed by atoms with Crippen LogP contribution in [0.3, 0.4) is 0 Å². The van der Waals surface area contributed by atoms with E-state index in [1.54, 1.807) is 0 Å². The lowest BCUT2D eigenvalue weighted by Gasteiger charge is -2.25. The van der Waals surface area contributed by atoms with Crippen molar-refractivity contribution in [2.24, 2.45) is 5.41 Å². The van der Waals surface area contributed by atoms with E-state index in [4.69, 9.17) is 9.94 Å². The quantitative estimate of drug-likeness (QED) is 0.687. The van der Waals surface area contributed by atoms with Crippen LogP contribution in [0, 0.1) is 5.41 Å². The van der Waals surface area contributed by atoms with Gasteiger partial charge in [0.05, 0.1) is 25.7 Å². The highest BCUT2D eigenvalue weighted by atomic mass is 16.7. The summed E-state index contributed by atoms with van der Waals surface area (Å²) in [5, 5.41) is 9.92. The average molecular weight is 187 g/mol. The molecule has 1 amide bonds. The molecule has 0 aromatic rings. The maximum atomic E-state index is 11.3. The van der Waals surface area contributed by atoms with E-state index in [1.807, 2.05) is 20.8 Å². The molecule has 4 heteroatoms. The van der Waals surface area contributed by atoms with E-state index < -0.39 is 0 Å². The van der Waals surface area contributed by atoms with E-state index in [2.05, 4.69) is 0 Å². The van der Waals surface area contributed by atoms with Crippen molar-refractivity contribution in [3.05, 3.63) is 0 Å². The molecule has 1 unspecified atom stereocenters. The van der Waals surface area contributed by atoms with E-state index in [0.717, 1.165) is 0 Å². The normalized spacial score (nSPS) is 24.2. The summed E-state index contributed by atoms with van der Waals surface area (Å²) in [7, 11) is 0. The second-order valence-electron chi connectivity index (χ2n) is 4.38. The monoisotopic (exact) mass is 187 g/mol. The van der Waals surface area contributed by atoms with E-state index >= 15 is 0 Å². The van der Waals surface area contributed by atoms with Crippen molar-refractivity contribution >= 4 is 5.91 Å². The summed E-state index contributed by atoms with van der Waals surface area (Å²) in [5.41, 5.74) is -0.0279. The highest BCUT2D eigenvalue weighted by molar-refractivity contribution is 5.77. The van der Waals surface area contributed by atoms with Gasteiger partial charge in [-0.3, -0.25) is 9.63 Å². The Morgan fingerprint density at radius 3 is 2.62 bits per heavy atom. The Labute approximate surface area is 78.4 Å². The van der Waals surface area contributed by atoms with Crippen molar-refractivity contribution in [2.45, 2.75) is 33.3 Å². The highest BCUT2D eigenvalue weighted by Gasteiger charge is 2.38. The van der Waals surface area contributed by atoms with Crippen molar-refractivity contribution in [3.8, 4) is 0 Å². The van der Waals surface area contributed by atoms with Gasteiger partial charge in [0, 0.05) is 0 Å². The predicted octanol–water partition coefficient (Wildman–Crippen LogP) is 0.557. The maximum Gasteiger partial charge on any atom is 0.248 e. The number of aliphatic hydroxyl groups is 1. The number of hydroxylamine groups is 2. The molecular formula is C9H17NO3. The van der Waals surface area contributed by atoms with Gasteiger partial charge in [-0.2, -0.15) is 0 Å². The predicted molar refractivity (Wildman–Crippen MR) is 47.7 cm³/mol. The topological polar surface area (TPSA) is 49.8 Å². The Kier molecular flexibility index (Phi) is 2.93.